The minimum Gasteiger partial charge on any atom is -0.506 e. The van der Waals surface area contributed by atoms with Gasteiger partial charge in [0, 0.05) is 18.5 Å². The number of anilines is 1. The molecule has 9 heteroatoms. The highest BCUT2D eigenvalue weighted by atomic mass is 32.2. The smallest absolute Gasteiger partial charge is 0.262 e. The van der Waals surface area contributed by atoms with Crippen molar-refractivity contribution in [3.63, 3.8) is 0 Å². The number of aryl methyl sites for hydroxylation is 1. The predicted molar refractivity (Wildman–Crippen MR) is 175 cm³/mol. The van der Waals surface area contributed by atoms with Crippen molar-refractivity contribution in [1.29, 1.82) is 5.26 Å². The summed E-state index contributed by atoms with van der Waals surface area (Å²) in [5.41, 5.74) is 3.56. The predicted octanol–water partition coefficient (Wildman–Crippen LogP) is 7.63. The molecule has 0 saturated heterocycles. The van der Waals surface area contributed by atoms with Crippen molar-refractivity contribution in [1.82, 2.24) is 5.32 Å². The van der Waals surface area contributed by atoms with Gasteiger partial charge in [0.05, 0.1) is 16.1 Å². The standard InChI is InChI=1S/C35H47N3O5S/c1-9-32(43-30-17-16-27(34(5,6)10-2)20-29(30)35(7,8)11-3)42-23-37-22-25-14-12-13-15-31(25)44(40,41)38-28-18-24(4)33(39)26(19-28)21-36/h12-20,32,37-39H,9-11,22-23H2,1-8H3. The first-order valence-corrected chi connectivity index (χ1v) is 16.7. The van der Waals surface area contributed by atoms with Crippen molar-refractivity contribution in [2.75, 3.05) is 11.5 Å². The summed E-state index contributed by atoms with van der Waals surface area (Å²) in [5.74, 6) is 0.642. The fraction of sp³-hybridized carbons (Fsp3) is 0.457. The Morgan fingerprint density at radius 2 is 1.66 bits per heavy atom. The SMILES string of the molecule is CCC(OCNCc1ccccc1S(=O)(=O)Nc1cc(C)c(O)c(C#N)c1)Oc1ccc(C(C)(C)CC)cc1C(C)(C)CC. The molecular weight excluding hydrogens is 574 g/mol. The Bertz CT molecular complexity index is 1590. The van der Waals surface area contributed by atoms with E-state index in [2.05, 4.69) is 69.8 Å². The number of nitrogens with zero attached hydrogens (tertiary/aromatic N) is 1. The molecule has 0 bridgehead atoms. The molecule has 0 aliphatic heterocycles. The van der Waals surface area contributed by atoms with E-state index in [1.807, 2.05) is 13.0 Å². The van der Waals surface area contributed by atoms with Crippen LogP contribution in [0.4, 0.5) is 5.69 Å². The van der Waals surface area contributed by atoms with Crippen LogP contribution in [0.5, 0.6) is 11.5 Å². The first-order chi connectivity index (χ1) is 20.7. The van der Waals surface area contributed by atoms with E-state index in [-0.39, 0.29) is 46.0 Å². The zero-order chi connectivity index (χ0) is 32.7. The summed E-state index contributed by atoms with van der Waals surface area (Å²) >= 11 is 0. The second-order valence-electron chi connectivity index (χ2n) is 12.4. The molecule has 1 atom stereocenters. The van der Waals surface area contributed by atoms with Crippen LogP contribution in [-0.4, -0.2) is 26.5 Å². The first-order valence-electron chi connectivity index (χ1n) is 15.2. The highest BCUT2D eigenvalue weighted by molar-refractivity contribution is 7.92. The normalized spacial score (nSPS) is 12.9. The summed E-state index contributed by atoms with van der Waals surface area (Å²) in [6.07, 6.45) is 2.12. The molecule has 0 saturated carbocycles. The van der Waals surface area contributed by atoms with E-state index >= 15 is 0 Å². The number of phenols is 1. The highest BCUT2D eigenvalue weighted by Gasteiger charge is 2.28. The van der Waals surface area contributed by atoms with Crippen LogP contribution < -0.4 is 14.8 Å². The Balaban J connectivity index is 1.71. The second kappa shape index (κ2) is 14.5. The summed E-state index contributed by atoms with van der Waals surface area (Å²) in [4.78, 5) is 0.0987. The van der Waals surface area contributed by atoms with Crippen molar-refractivity contribution in [2.24, 2.45) is 0 Å². The summed E-state index contributed by atoms with van der Waals surface area (Å²) in [6.45, 7) is 17.3. The number of hydrogen-bond acceptors (Lipinski definition) is 7. The summed E-state index contributed by atoms with van der Waals surface area (Å²) in [6, 6.07) is 17.8. The van der Waals surface area contributed by atoms with Gasteiger partial charge in [-0.05, 0) is 71.6 Å². The van der Waals surface area contributed by atoms with E-state index in [0.717, 1.165) is 24.2 Å². The van der Waals surface area contributed by atoms with Gasteiger partial charge in [-0.25, -0.2) is 8.42 Å². The molecule has 238 valence electrons. The largest absolute Gasteiger partial charge is 0.506 e. The Morgan fingerprint density at radius 1 is 0.977 bits per heavy atom. The third-order valence-electron chi connectivity index (χ3n) is 8.47. The minimum atomic E-state index is -3.98. The molecule has 0 amide bonds. The molecule has 0 fully saturated rings. The van der Waals surface area contributed by atoms with Crippen LogP contribution in [0.1, 0.15) is 95.5 Å². The fourth-order valence-electron chi connectivity index (χ4n) is 4.74. The van der Waals surface area contributed by atoms with Crippen LogP contribution in [0.2, 0.25) is 0 Å². The monoisotopic (exact) mass is 621 g/mol. The van der Waals surface area contributed by atoms with Crippen LogP contribution in [0.25, 0.3) is 0 Å². The van der Waals surface area contributed by atoms with Gasteiger partial charge < -0.3 is 14.6 Å². The number of rotatable bonds is 15. The van der Waals surface area contributed by atoms with E-state index in [4.69, 9.17) is 9.47 Å². The number of benzene rings is 3. The van der Waals surface area contributed by atoms with Crippen LogP contribution in [-0.2, 0) is 32.1 Å². The lowest BCUT2D eigenvalue weighted by Gasteiger charge is -2.31. The first kappa shape index (κ1) is 34.9. The van der Waals surface area contributed by atoms with Crippen LogP contribution in [0, 0.1) is 18.3 Å². The van der Waals surface area contributed by atoms with Gasteiger partial charge in [-0.2, -0.15) is 5.26 Å². The number of sulfonamides is 1. The Labute approximate surface area is 263 Å². The molecule has 44 heavy (non-hydrogen) atoms. The molecule has 0 spiro atoms. The van der Waals surface area contributed by atoms with Crippen molar-refractivity contribution >= 4 is 15.7 Å². The van der Waals surface area contributed by atoms with Gasteiger partial charge in [-0.3, -0.25) is 10.0 Å². The lowest BCUT2D eigenvalue weighted by atomic mass is 9.76. The quantitative estimate of drug-likeness (QED) is 0.0906. The van der Waals surface area contributed by atoms with Gasteiger partial charge >= 0.3 is 0 Å². The van der Waals surface area contributed by atoms with Crippen LogP contribution >= 0.6 is 0 Å². The van der Waals surface area contributed by atoms with E-state index in [1.165, 1.54) is 23.8 Å². The maximum absolute atomic E-state index is 13.3. The third-order valence-corrected chi connectivity index (χ3v) is 9.95. The van der Waals surface area contributed by atoms with Crippen LogP contribution in [0.3, 0.4) is 0 Å². The van der Waals surface area contributed by atoms with E-state index < -0.39 is 16.3 Å². The van der Waals surface area contributed by atoms with Crippen molar-refractivity contribution in [3.05, 3.63) is 82.4 Å². The molecule has 8 nitrogen and oxygen atoms in total. The molecular formula is C35H47N3O5S. The fourth-order valence-corrected chi connectivity index (χ4v) is 6.02. The molecule has 3 aromatic rings. The molecule has 0 radical (unpaired) electrons. The summed E-state index contributed by atoms with van der Waals surface area (Å²) in [7, 11) is -3.98. The maximum Gasteiger partial charge on any atom is 0.262 e. The van der Waals surface area contributed by atoms with Crippen molar-refractivity contribution in [2.45, 2.75) is 103 Å². The second-order valence-corrected chi connectivity index (χ2v) is 14.0. The average molecular weight is 622 g/mol. The number of phenolic OH excluding ortho intramolecular Hbond substituents is 1. The van der Waals surface area contributed by atoms with E-state index in [0.29, 0.717) is 17.5 Å². The van der Waals surface area contributed by atoms with E-state index in [1.54, 1.807) is 25.1 Å². The molecule has 3 N–H and O–H groups in total. The summed E-state index contributed by atoms with van der Waals surface area (Å²) in [5, 5.41) is 22.5. The number of aromatic hydroxyl groups is 1. The molecule has 0 aliphatic rings. The molecule has 0 aliphatic carbocycles. The van der Waals surface area contributed by atoms with Crippen molar-refractivity contribution < 1.29 is 23.0 Å². The van der Waals surface area contributed by atoms with Gasteiger partial charge in [-0.15, -0.1) is 0 Å². The Morgan fingerprint density at radius 3 is 2.30 bits per heavy atom. The van der Waals surface area contributed by atoms with Gasteiger partial charge in [0.2, 0.25) is 6.29 Å². The number of ether oxygens (including phenoxy) is 2. The summed E-state index contributed by atoms with van der Waals surface area (Å²) < 4.78 is 41.6. The number of nitrogens with one attached hydrogen (secondary N) is 2. The zero-order valence-electron chi connectivity index (χ0n) is 27.2. The van der Waals surface area contributed by atoms with Crippen molar-refractivity contribution in [3.8, 4) is 17.6 Å². The zero-order valence-corrected chi connectivity index (χ0v) is 28.1. The average Bonchev–Trinajstić information content (AvgIpc) is 3.00. The maximum atomic E-state index is 13.3. The molecule has 0 aromatic heterocycles. The van der Waals surface area contributed by atoms with Gasteiger partial charge in [0.25, 0.3) is 10.0 Å². The Kier molecular flexibility index (Phi) is 11.5. The van der Waals surface area contributed by atoms with Crippen LogP contribution in [0.15, 0.2) is 59.5 Å². The topological polar surface area (TPSA) is 121 Å². The lowest BCUT2D eigenvalue weighted by molar-refractivity contribution is -0.0890. The Hall–Kier alpha value is -3.58. The molecule has 3 aromatic carbocycles. The van der Waals surface area contributed by atoms with E-state index in [9.17, 15) is 18.8 Å². The third kappa shape index (κ3) is 8.32. The van der Waals surface area contributed by atoms with Gasteiger partial charge in [0.1, 0.15) is 24.3 Å². The molecule has 1 unspecified atom stereocenters. The van der Waals surface area contributed by atoms with Gasteiger partial charge in [-0.1, -0.05) is 78.8 Å². The number of hydrogen-bond donors (Lipinski definition) is 3. The lowest BCUT2D eigenvalue weighted by Crippen LogP contribution is -2.29. The highest BCUT2D eigenvalue weighted by Crippen LogP contribution is 2.39. The molecule has 3 rings (SSSR count). The van der Waals surface area contributed by atoms with Gasteiger partial charge in [0.15, 0.2) is 0 Å². The molecule has 0 heterocycles. The number of nitriles is 1. The minimum absolute atomic E-state index is 0.00591.